The molecule has 7 heteroatoms. The van der Waals surface area contributed by atoms with E-state index in [0.29, 0.717) is 10.8 Å². The molecule has 0 atom stereocenters. The second-order valence-corrected chi connectivity index (χ2v) is 5.97. The van der Waals surface area contributed by atoms with E-state index in [1.165, 1.54) is 6.20 Å². The minimum absolute atomic E-state index is 0.207. The summed E-state index contributed by atoms with van der Waals surface area (Å²) in [5.74, 6) is 0.410. The lowest BCUT2D eigenvalue weighted by Gasteiger charge is -2.06. The highest BCUT2D eigenvalue weighted by molar-refractivity contribution is 7.90. The van der Waals surface area contributed by atoms with E-state index in [9.17, 15) is 8.42 Å². The summed E-state index contributed by atoms with van der Waals surface area (Å²) in [4.78, 5) is 7.62. The summed E-state index contributed by atoms with van der Waals surface area (Å²) in [7, 11) is -3.41. The average Bonchev–Trinajstić information content (AvgIpc) is 2.31. The average molecular weight is 284 g/mol. The summed E-state index contributed by atoms with van der Waals surface area (Å²) in [6.07, 6.45) is 2.45. The van der Waals surface area contributed by atoms with Crippen LogP contribution in [0.25, 0.3) is 0 Å². The molecule has 1 heterocycles. The molecular weight excluding hydrogens is 274 g/mol. The van der Waals surface area contributed by atoms with Gasteiger partial charge in [0, 0.05) is 23.2 Å². The minimum Gasteiger partial charge on any atom is -0.340 e. The minimum atomic E-state index is -3.41. The van der Waals surface area contributed by atoms with Gasteiger partial charge in [-0.25, -0.2) is 18.4 Å². The molecule has 0 amide bonds. The molecule has 0 radical (unpaired) electrons. The van der Waals surface area contributed by atoms with Crippen LogP contribution in [0.2, 0.25) is 5.02 Å². The van der Waals surface area contributed by atoms with Gasteiger partial charge in [-0.3, -0.25) is 0 Å². The summed E-state index contributed by atoms with van der Waals surface area (Å²) in [6, 6.07) is 8.57. The van der Waals surface area contributed by atoms with Crippen LogP contribution in [0.4, 0.5) is 11.5 Å². The van der Waals surface area contributed by atoms with E-state index in [2.05, 4.69) is 15.3 Å². The third-order valence-corrected chi connectivity index (χ3v) is 3.19. The van der Waals surface area contributed by atoms with Crippen molar-refractivity contribution in [2.75, 3.05) is 11.6 Å². The molecule has 0 aliphatic rings. The van der Waals surface area contributed by atoms with E-state index in [1.54, 1.807) is 30.3 Å². The standard InChI is InChI=1S/C11H10ClN3O2S/c1-18(16,17)11-13-7-6-10(15-11)14-9-4-2-8(12)3-5-9/h2-7H,1H3,(H,13,14,15). The maximum atomic E-state index is 11.3. The SMILES string of the molecule is CS(=O)(=O)c1nccc(Nc2ccc(Cl)cc2)n1. The molecule has 2 rings (SSSR count). The number of aromatic nitrogens is 2. The maximum Gasteiger partial charge on any atom is 0.248 e. The first-order valence-corrected chi connectivity index (χ1v) is 7.28. The molecule has 0 unspecified atom stereocenters. The highest BCUT2D eigenvalue weighted by atomic mass is 35.5. The zero-order valence-corrected chi connectivity index (χ0v) is 11.0. The molecule has 0 spiro atoms. The summed E-state index contributed by atoms with van der Waals surface area (Å²) in [5.41, 5.74) is 0.762. The predicted octanol–water partition coefficient (Wildman–Crippen LogP) is 2.28. The van der Waals surface area contributed by atoms with Gasteiger partial charge in [-0.15, -0.1) is 0 Å². The number of anilines is 2. The van der Waals surface area contributed by atoms with Gasteiger partial charge in [-0.2, -0.15) is 0 Å². The van der Waals surface area contributed by atoms with Crippen molar-refractivity contribution in [2.45, 2.75) is 5.16 Å². The molecule has 0 aliphatic carbocycles. The Balaban J connectivity index is 2.27. The lowest BCUT2D eigenvalue weighted by molar-refractivity contribution is 0.593. The Morgan fingerprint density at radius 2 is 1.83 bits per heavy atom. The Morgan fingerprint density at radius 3 is 2.44 bits per heavy atom. The van der Waals surface area contributed by atoms with Gasteiger partial charge < -0.3 is 5.32 Å². The normalized spacial score (nSPS) is 11.2. The number of halogens is 1. The summed E-state index contributed by atoms with van der Waals surface area (Å²) >= 11 is 5.77. The van der Waals surface area contributed by atoms with Gasteiger partial charge in [0.2, 0.25) is 15.0 Å². The monoisotopic (exact) mass is 283 g/mol. The summed E-state index contributed by atoms with van der Waals surface area (Å²) in [5, 5.41) is 3.39. The molecule has 94 valence electrons. The van der Waals surface area contributed by atoms with Crippen LogP contribution in [-0.4, -0.2) is 24.6 Å². The number of hydrogen-bond donors (Lipinski definition) is 1. The molecule has 0 saturated heterocycles. The fourth-order valence-electron chi connectivity index (χ4n) is 1.27. The van der Waals surface area contributed by atoms with E-state index in [4.69, 9.17) is 11.6 Å². The summed E-state index contributed by atoms with van der Waals surface area (Å²) in [6.45, 7) is 0. The van der Waals surface area contributed by atoms with Crippen molar-refractivity contribution >= 4 is 32.9 Å². The third kappa shape index (κ3) is 3.18. The molecule has 0 saturated carbocycles. The van der Waals surface area contributed by atoms with Gasteiger partial charge in [-0.1, -0.05) is 11.6 Å². The van der Waals surface area contributed by atoms with E-state index in [-0.39, 0.29) is 5.16 Å². The Bertz CT molecular complexity index is 656. The fraction of sp³-hybridized carbons (Fsp3) is 0.0909. The molecule has 0 bridgehead atoms. The van der Waals surface area contributed by atoms with E-state index in [1.807, 2.05) is 0 Å². The first-order chi connectivity index (χ1) is 8.45. The predicted molar refractivity (Wildman–Crippen MR) is 69.9 cm³/mol. The van der Waals surface area contributed by atoms with Crippen molar-refractivity contribution in [3.63, 3.8) is 0 Å². The molecule has 1 aromatic carbocycles. The summed E-state index contributed by atoms with van der Waals surface area (Å²) < 4.78 is 22.6. The molecule has 0 fully saturated rings. The van der Waals surface area contributed by atoms with Crippen molar-refractivity contribution in [1.29, 1.82) is 0 Å². The van der Waals surface area contributed by atoms with Gasteiger partial charge in [-0.05, 0) is 30.3 Å². The topological polar surface area (TPSA) is 72.0 Å². The van der Waals surface area contributed by atoms with E-state index in [0.717, 1.165) is 11.9 Å². The third-order valence-electron chi connectivity index (χ3n) is 2.08. The van der Waals surface area contributed by atoms with Crippen molar-refractivity contribution < 1.29 is 8.42 Å². The molecule has 18 heavy (non-hydrogen) atoms. The number of benzene rings is 1. The first-order valence-electron chi connectivity index (χ1n) is 5.01. The quantitative estimate of drug-likeness (QED) is 0.875. The fourth-order valence-corrected chi connectivity index (χ4v) is 1.91. The number of hydrogen-bond acceptors (Lipinski definition) is 5. The van der Waals surface area contributed by atoms with Crippen LogP contribution in [0.3, 0.4) is 0 Å². The Kier molecular flexibility index (Phi) is 3.49. The molecular formula is C11H10ClN3O2S. The Labute approximate surface area is 110 Å². The smallest absolute Gasteiger partial charge is 0.248 e. The second kappa shape index (κ2) is 4.91. The number of nitrogens with one attached hydrogen (secondary N) is 1. The van der Waals surface area contributed by atoms with Gasteiger partial charge >= 0.3 is 0 Å². The van der Waals surface area contributed by atoms with Crippen molar-refractivity contribution in [1.82, 2.24) is 9.97 Å². The van der Waals surface area contributed by atoms with Crippen LogP contribution in [0.1, 0.15) is 0 Å². The Morgan fingerprint density at radius 1 is 1.17 bits per heavy atom. The molecule has 0 aliphatic heterocycles. The number of sulfone groups is 1. The van der Waals surface area contributed by atoms with Gasteiger partial charge in [0.05, 0.1) is 0 Å². The molecule has 5 nitrogen and oxygen atoms in total. The first kappa shape index (κ1) is 12.8. The van der Waals surface area contributed by atoms with Gasteiger partial charge in [0.25, 0.3) is 0 Å². The van der Waals surface area contributed by atoms with E-state index < -0.39 is 9.84 Å². The van der Waals surface area contributed by atoms with Crippen LogP contribution in [-0.2, 0) is 9.84 Å². The second-order valence-electron chi connectivity index (χ2n) is 3.63. The van der Waals surface area contributed by atoms with Crippen molar-refractivity contribution in [3.8, 4) is 0 Å². The number of rotatable bonds is 3. The van der Waals surface area contributed by atoms with Gasteiger partial charge in [0.1, 0.15) is 5.82 Å². The highest BCUT2D eigenvalue weighted by Gasteiger charge is 2.11. The largest absolute Gasteiger partial charge is 0.340 e. The van der Waals surface area contributed by atoms with Crippen molar-refractivity contribution in [2.24, 2.45) is 0 Å². The van der Waals surface area contributed by atoms with Crippen LogP contribution in [0.5, 0.6) is 0 Å². The van der Waals surface area contributed by atoms with Crippen molar-refractivity contribution in [3.05, 3.63) is 41.6 Å². The number of nitrogens with zero attached hydrogens (tertiary/aromatic N) is 2. The lowest BCUT2D eigenvalue weighted by atomic mass is 10.3. The Hall–Kier alpha value is -1.66. The zero-order chi connectivity index (χ0) is 13.2. The van der Waals surface area contributed by atoms with Crippen LogP contribution in [0, 0.1) is 0 Å². The molecule has 2 aromatic rings. The maximum absolute atomic E-state index is 11.3. The van der Waals surface area contributed by atoms with Crippen LogP contribution < -0.4 is 5.32 Å². The van der Waals surface area contributed by atoms with Gasteiger partial charge in [0.15, 0.2) is 0 Å². The molecule has 1 aromatic heterocycles. The lowest BCUT2D eigenvalue weighted by Crippen LogP contribution is -2.05. The van der Waals surface area contributed by atoms with E-state index >= 15 is 0 Å². The van der Waals surface area contributed by atoms with Crippen LogP contribution >= 0.6 is 11.6 Å². The van der Waals surface area contributed by atoms with Crippen LogP contribution in [0.15, 0.2) is 41.7 Å². The molecule has 1 N–H and O–H groups in total. The zero-order valence-electron chi connectivity index (χ0n) is 9.46. The highest BCUT2D eigenvalue weighted by Crippen LogP contribution is 2.17.